The topological polar surface area (TPSA) is 736 Å². The average Bonchev–Trinajstić information content (AvgIpc) is 1.78. The van der Waals surface area contributed by atoms with Crippen LogP contribution in [0.3, 0.4) is 0 Å². The number of primary amides is 4. The lowest BCUT2D eigenvalue weighted by Crippen LogP contribution is -2.62. The zero-order chi connectivity index (χ0) is 89.4. The summed E-state index contributed by atoms with van der Waals surface area (Å²) >= 11 is 0. The van der Waals surface area contributed by atoms with Crippen molar-refractivity contribution in [1.29, 1.82) is 0 Å². The fraction of sp³-hybridized carbons (Fsp3) is 0.680. The van der Waals surface area contributed by atoms with Gasteiger partial charge in [-0.1, -0.05) is 53.7 Å². The fourth-order valence-corrected chi connectivity index (χ4v) is 12.6. The van der Waals surface area contributed by atoms with Crippen molar-refractivity contribution in [2.45, 2.75) is 275 Å². The predicted molar refractivity (Wildman–Crippen MR) is 427 cm³/mol. The molecule has 118 heavy (non-hydrogen) atoms. The number of benzene rings is 1. The first kappa shape index (κ1) is 103. The number of nitrogens with one attached hydrogen (secondary N) is 13. The molecule has 18 amide bonds. The number of amides is 18. The average molecular weight is 1670 g/mol. The number of hydrogen-bond acceptors (Lipinski definition) is 25. The van der Waals surface area contributed by atoms with E-state index in [-0.39, 0.29) is 95.8 Å². The summed E-state index contributed by atoms with van der Waals surface area (Å²) in [6.45, 7) is 13.8. The number of unbranched alkanes of at least 4 members (excludes halogenated alkanes) is 3. The molecule has 0 bridgehead atoms. The van der Waals surface area contributed by atoms with E-state index < -0.39 is 241 Å². The van der Waals surface area contributed by atoms with Crippen molar-refractivity contribution in [2.75, 3.05) is 32.7 Å². The molecule has 43 nitrogen and oxygen atoms in total. The number of carbonyl (C=O) groups is 18. The summed E-state index contributed by atoms with van der Waals surface area (Å²) in [4.78, 5) is 247. The molecule has 0 radical (unpaired) electrons. The molecule has 1 aliphatic heterocycles. The highest BCUT2D eigenvalue weighted by Gasteiger charge is 2.41. The van der Waals surface area contributed by atoms with Gasteiger partial charge in [0.1, 0.15) is 90.3 Å². The number of nitrogens with zero attached hydrogens (tertiary/aromatic N) is 1. The molecule has 0 unspecified atom stereocenters. The maximum absolute atomic E-state index is 14.6. The summed E-state index contributed by atoms with van der Waals surface area (Å²) < 4.78 is 0. The van der Waals surface area contributed by atoms with Crippen molar-refractivity contribution in [3.8, 4) is 5.75 Å². The number of carbonyl (C=O) groups excluding carboxylic acids is 18. The Hall–Kier alpha value is -10.8. The number of rotatable bonds is 56. The van der Waals surface area contributed by atoms with E-state index in [0.717, 1.165) is 13.8 Å². The van der Waals surface area contributed by atoms with Crippen LogP contribution in [0.2, 0.25) is 0 Å². The second kappa shape index (κ2) is 52.8. The molecule has 2 rings (SSSR count). The minimum absolute atomic E-state index is 0.0534. The Labute approximate surface area is 686 Å². The molecule has 0 aliphatic carbocycles. The lowest BCUT2D eigenvalue weighted by Gasteiger charge is -2.30. The molecule has 1 fully saturated rings. The summed E-state index contributed by atoms with van der Waals surface area (Å²) in [5, 5.41) is 63.4. The van der Waals surface area contributed by atoms with Crippen LogP contribution >= 0.6 is 0 Å². The Morgan fingerprint density at radius 1 is 0.398 bits per heavy atom. The molecule has 1 aliphatic rings. The van der Waals surface area contributed by atoms with E-state index in [9.17, 15) is 102 Å². The number of likely N-dealkylation sites (tertiary alicyclic amines) is 1. The van der Waals surface area contributed by atoms with Crippen LogP contribution in [0, 0.1) is 17.8 Å². The number of nitrogens with two attached hydrogens (primary N) is 8. The quantitative estimate of drug-likeness (QED) is 0.0269. The van der Waals surface area contributed by atoms with E-state index in [1.54, 1.807) is 41.5 Å². The molecule has 0 saturated carbocycles. The van der Waals surface area contributed by atoms with Gasteiger partial charge in [0.2, 0.25) is 106 Å². The molecule has 1 heterocycles. The van der Waals surface area contributed by atoms with Gasteiger partial charge in [0.05, 0.1) is 31.6 Å². The molecule has 1 saturated heterocycles. The third kappa shape index (κ3) is 37.2. The highest BCUT2D eigenvalue weighted by atomic mass is 16.3. The lowest BCUT2D eigenvalue weighted by molar-refractivity contribution is -0.139. The Morgan fingerprint density at radius 2 is 0.754 bits per heavy atom. The second-order valence-electron chi connectivity index (χ2n) is 30.6. The van der Waals surface area contributed by atoms with Crippen LogP contribution in [0.1, 0.15) is 177 Å². The Kier molecular flexibility index (Phi) is 46.3. The number of aliphatic hydroxyl groups excluding tert-OH is 2. The van der Waals surface area contributed by atoms with Gasteiger partial charge in [-0.25, -0.2) is 0 Å². The summed E-state index contributed by atoms with van der Waals surface area (Å²) in [6.07, 6.45) is -4.24. The molecule has 1 aromatic carbocycles. The van der Waals surface area contributed by atoms with Crippen molar-refractivity contribution in [3.63, 3.8) is 0 Å². The van der Waals surface area contributed by atoms with E-state index in [1.807, 2.05) is 0 Å². The first-order valence-electron chi connectivity index (χ1n) is 39.7. The van der Waals surface area contributed by atoms with E-state index in [1.165, 1.54) is 36.1 Å². The number of hydrogen-bond donors (Lipinski definition) is 24. The van der Waals surface area contributed by atoms with Gasteiger partial charge in [-0.15, -0.1) is 0 Å². The number of aliphatic hydroxyl groups is 2. The van der Waals surface area contributed by atoms with Crippen molar-refractivity contribution in [3.05, 3.63) is 29.8 Å². The molecule has 43 heteroatoms. The molecule has 1 aromatic rings. The summed E-state index contributed by atoms with van der Waals surface area (Å²) in [5.41, 5.74) is 45.1. The maximum Gasteiger partial charge on any atom is 0.245 e. The van der Waals surface area contributed by atoms with Crippen LogP contribution in [-0.2, 0) is 92.7 Å². The van der Waals surface area contributed by atoms with Gasteiger partial charge in [-0.05, 0) is 166 Å². The largest absolute Gasteiger partial charge is 0.508 e. The smallest absolute Gasteiger partial charge is 0.245 e. The zero-order valence-electron chi connectivity index (χ0n) is 68.8. The van der Waals surface area contributed by atoms with Gasteiger partial charge in [0.15, 0.2) is 0 Å². The first-order valence-corrected chi connectivity index (χ1v) is 39.7. The monoisotopic (exact) mass is 1670 g/mol. The molecular weight excluding hydrogens is 1540 g/mol. The fourth-order valence-electron chi connectivity index (χ4n) is 12.6. The highest BCUT2D eigenvalue weighted by Crippen LogP contribution is 2.20. The standard InChI is InChI=1S/C75H128N22O21/c1-37(2)31-49(68(111)84-40(7)63(106)89-52(34-56(81)102)71(114)95-60(41(8)98)62(83)105)90-65(108)45(17-10-13-27-76)85-69(112)50(32-38(3)4)93-75(118)61(42(9)99)96-72(115)53(35-57(82)103)92-67(110)48(25-26-55(80)101)86-64(107)47(19-12-15-29-78)88-74(117)59(39(5)6)94-70(113)51(33-43-21-23-44(100)24-22-43)91-66(109)46(18-11-14-28-77)87-73(116)54-20-16-30-97(54)58(104)36-79/h21-24,37-42,45-54,59-61,98-100H,10-20,25-36,76-79H2,1-9H3,(H2,80,101)(H2,81,102)(H2,82,103)(H2,83,105)(H,84,111)(H,85,112)(H,86,107)(H,87,116)(H,88,117)(H,89,106)(H,90,108)(H,91,109)(H,92,110)(H,93,118)(H,94,113)(H,95,114)(H,96,115)/t40-,41+,42+,45-,46-,47-,48-,49-,50-,51-,52-,53-,54-,59-,60-,61-/m0/s1. The van der Waals surface area contributed by atoms with Crippen molar-refractivity contribution >= 4 is 106 Å². The maximum atomic E-state index is 14.6. The summed E-state index contributed by atoms with van der Waals surface area (Å²) in [6, 6.07) is -16.1. The van der Waals surface area contributed by atoms with Gasteiger partial charge in [-0.3, -0.25) is 86.3 Å². The Bertz CT molecular complexity index is 3570. The summed E-state index contributed by atoms with van der Waals surface area (Å²) in [7, 11) is 0. The van der Waals surface area contributed by atoms with Gasteiger partial charge in [0.25, 0.3) is 0 Å². The minimum atomic E-state index is -2.02. The van der Waals surface area contributed by atoms with Crippen molar-refractivity contribution in [1.82, 2.24) is 74.0 Å². The number of phenols is 1. The van der Waals surface area contributed by atoms with E-state index in [2.05, 4.69) is 69.1 Å². The first-order chi connectivity index (χ1) is 55.4. The van der Waals surface area contributed by atoms with Crippen LogP contribution in [-0.4, -0.2) is 256 Å². The minimum Gasteiger partial charge on any atom is -0.508 e. The van der Waals surface area contributed by atoms with Gasteiger partial charge >= 0.3 is 0 Å². The molecule has 0 aromatic heterocycles. The van der Waals surface area contributed by atoms with E-state index >= 15 is 0 Å². The van der Waals surface area contributed by atoms with E-state index in [0.29, 0.717) is 44.1 Å². The van der Waals surface area contributed by atoms with Crippen LogP contribution in [0.25, 0.3) is 0 Å². The van der Waals surface area contributed by atoms with Crippen LogP contribution in [0.5, 0.6) is 5.75 Å². The summed E-state index contributed by atoms with van der Waals surface area (Å²) in [5.74, 6) is -19.6. The highest BCUT2D eigenvalue weighted by molar-refractivity contribution is 6.02. The van der Waals surface area contributed by atoms with Gasteiger partial charge < -0.3 is 135 Å². The second-order valence-corrected chi connectivity index (χ2v) is 30.6. The molecule has 32 N–H and O–H groups in total. The van der Waals surface area contributed by atoms with Crippen LogP contribution < -0.4 is 115 Å². The van der Waals surface area contributed by atoms with Crippen molar-refractivity contribution < 1.29 is 102 Å². The van der Waals surface area contributed by atoms with Crippen molar-refractivity contribution in [2.24, 2.45) is 63.6 Å². The number of phenolic OH excluding ortho intramolecular Hbond substituents is 1. The molecule has 0 spiro atoms. The van der Waals surface area contributed by atoms with Gasteiger partial charge in [-0.2, -0.15) is 0 Å². The zero-order valence-corrected chi connectivity index (χ0v) is 68.8. The normalized spacial score (nSPS) is 16.4. The van der Waals surface area contributed by atoms with E-state index in [4.69, 9.17) is 45.9 Å². The Morgan fingerprint density at radius 3 is 1.17 bits per heavy atom. The third-order valence-corrected chi connectivity index (χ3v) is 19.0. The predicted octanol–water partition coefficient (Wildman–Crippen LogP) is -8.39. The van der Waals surface area contributed by atoms with Crippen LogP contribution in [0.4, 0.5) is 0 Å². The molecule has 664 valence electrons. The molecule has 16 atom stereocenters. The van der Waals surface area contributed by atoms with Crippen LogP contribution in [0.15, 0.2) is 24.3 Å². The Balaban J connectivity index is 2.52. The molecular formula is C75H128N22O21. The third-order valence-electron chi connectivity index (χ3n) is 19.0. The number of aromatic hydroxyl groups is 1. The SMILES string of the molecule is CC(C)C[C@H](NC(=O)[C@H](CCCCN)NC(=O)[C@H](CC(C)C)NC(=O)[C@@H](NC(=O)[C@H](CC(N)=O)NC(=O)[C@H](CCC(N)=O)NC(=O)[C@H](CCCCN)NC(=O)[C@@H](NC(=O)[C@H](Cc1ccc(O)cc1)NC(=O)[C@H](CCCCN)NC(=O)[C@@H]1CCCN1C(=O)CN)C(C)C)[C@@H](C)O)C(=O)N[C@@H](C)C(=O)N[C@@H](CC(N)=O)C(=O)N[C@H](C(N)=O)[C@@H](C)O. The lowest BCUT2D eigenvalue weighted by atomic mass is 9.99. The van der Waals surface area contributed by atoms with Gasteiger partial charge in [0, 0.05) is 19.4 Å².